The molecule has 0 aliphatic heterocycles. The Morgan fingerprint density at radius 2 is 2.11 bits per heavy atom. The van der Waals surface area contributed by atoms with Crippen molar-refractivity contribution in [1.82, 2.24) is 5.32 Å². The van der Waals surface area contributed by atoms with Crippen LogP contribution in [0.5, 0.6) is 11.5 Å². The van der Waals surface area contributed by atoms with Crippen molar-refractivity contribution in [3.8, 4) is 11.5 Å². The van der Waals surface area contributed by atoms with Gasteiger partial charge in [0.05, 0.1) is 29.7 Å². The zero-order valence-electron chi connectivity index (χ0n) is 15.8. The Morgan fingerprint density at radius 1 is 1.36 bits per heavy atom. The molecular formula is C20H21ClN2O5. The topological polar surface area (TPSA) is 90.7 Å². The molecule has 0 heterocycles. The molecule has 2 rings (SSSR count). The molecule has 1 amide bonds. The van der Waals surface area contributed by atoms with Gasteiger partial charge in [-0.1, -0.05) is 23.7 Å². The van der Waals surface area contributed by atoms with Gasteiger partial charge in [-0.15, -0.1) is 0 Å². The minimum absolute atomic E-state index is 0.0229. The third kappa shape index (κ3) is 5.47. The molecular weight excluding hydrogens is 384 g/mol. The summed E-state index contributed by atoms with van der Waals surface area (Å²) in [5.41, 5.74) is 1.29. The van der Waals surface area contributed by atoms with Gasteiger partial charge in [-0.3, -0.25) is 14.9 Å². The van der Waals surface area contributed by atoms with Crippen LogP contribution in [0.25, 0.3) is 6.08 Å². The Balaban J connectivity index is 2.10. The first-order valence-electron chi connectivity index (χ1n) is 8.59. The van der Waals surface area contributed by atoms with Crippen molar-refractivity contribution in [1.29, 1.82) is 0 Å². The van der Waals surface area contributed by atoms with E-state index in [1.807, 2.05) is 6.92 Å². The van der Waals surface area contributed by atoms with Crippen molar-refractivity contribution in [3.63, 3.8) is 0 Å². The van der Waals surface area contributed by atoms with E-state index in [0.29, 0.717) is 34.3 Å². The Hall–Kier alpha value is -3.06. The molecule has 0 spiro atoms. The second-order valence-corrected chi connectivity index (χ2v) is 6.29. The summed E-state index contributed by atoms with van der Waals surface area (Å²) >= 11 is 6.22. The number of amides is 1. The molecule has 0 saturated carbocycles. The number of carbonyl (C=O) groups excluding carboxylic acids is 1. The van der Waals surface area contributed by atoms with Crippen LogP contribution in [-0.4, -0.2) is 24.5 Å². The molecule has 0 fully saturated rings. The molecule has 7 nitrogen and oxygen atoms in total. The summed E-state index contributed by atoms with van der Waals surface area (Å²) in [5.74, 6) is 0.579. The maximum absolute atomic E-state index is 12.2. The van der Waals surface area contributed by atoms with Gasteiger partial charge in [0.2, 0.25) is 5.91 Å². The Bertz CT molecular complexity index is 898. The van der Waals surface area contributed by atoms with Crippen LogP contribution in [0.3, 0.4) is 0 Å². The fourth-order valence-corrected chi connectivity index (χ4v) is 2.82. The maximum atomic E-state index is 12.2. The normalized spacial score (nSPS) is 11.9. The third-order valence-electron chi connectivity index (χ3n) is 3.91. The maximum Gasteiger partial charge on any atom is 0.269 e. The van der Waals surface area contributed by atoms with E-state index in [1.165, 1.54) is 25.3 Å². The smallest absolute Gasteiger partial charge is 0.269 e. The lowest BCUT2D eigenvalue weighted by Crippen LogP contribution is -2.24. The molecule has 0 radical (unpaired) electrons. The Labute approximate surface area is 168 Å². The quantitative estimate of drug-likeness (QED) is 0.396. The first-order valence-corrected chi connectivity index (χ1v) is 8.96. The zero-order chi connectivity index (χ0) is 20.7. The number of benzene rings is 2. The summed E-state index contributed by atoms with van der Waals surface area (Å²) in [5, 5.41) is 14.0. The van der Waals surface area contributed by atoms with Crippen LogP contribution in [-0.2, 0) is 4.79 Å². The fourth-order valence-electron chi connectivity index (χ4n) is 2.54. The van der Waals surface area contributed by atoms with E-state index in [9.17, 15) is 14.9 Å². The van der Waals surface area contributed by atoms with Gasteiger partial charge < -0.3 is 14.8 Å². The summed E-state index contributed by atoms with van der Waals surface area (Å²) in [6, 6.07) is 9.13. The van der Waals surface area contributed by atoms with Crippen molar-refractivity contribution in [2.75, 3.05) is 13.7 Å². The highest BCUT2D eigenvalue weighted by atomic mass is 35.5. The molecule has 28 heavy (non-hydrogen) atoms. The zero-order valence-corrected chi connectivity index (χ0v) is 16.5. The summed E-state index contributed by atoms with van der Waals surface area (Å²) in [7, 11) is 1.51. The predicted octanol–water partition coefficient (Wildman–Crippen LogP) is 4.55. The lowest BCUT2D eigenvalue weighted by Gasteiger charge is -2.13. The minimum atomic E-state index is -0.471. The number of carbonyl (C=O) groups is 1. The molecule has 8 heteroatoms. The van der Waals surface area contributed by atoms with E-state index >= 15 is 0 Å². The van der Waals surface area contributed by atoms with E-state index in [1.54, 1.807) is 37.3 Å². The van der Waals surface area contributed by atoms with Crippen LogP contribution in [0.4, 0.5) is 5.69 Å². The number of hydrogen-bond donors (Lipinski definition) is 1. The molecule has 0 aliphatic rings. The monoisotopic (exact) mass is 404 g/mol. The van der Waals surface area contributed by atoms with Crippen LogP contribution < -0.4 is 14.8 Å². The average molecular weight is 405 g/mol. The second-order valence-electron chi connectivity index (χ2n) is 5.88. The van der Waals surface area contributed by atoms with Crippen molar-refractivity contribution in [2.24, 2.45) is 0 Å². The summed E-state index contributed by atoms with van der Waals surface area (Å²) < 4.78 is 10.7. The van der Waals surface area contributed by atoms with E-state index in [2.05, 4.69) is 5.32 Å². The number of methoxy groups -OCH3 is 1. The number of ether oxygens (including phenoxy) is 2. The van der Waals surface area contributed by atoms with Gasteiger partial charge in [0, 0.05) is 18.2 Å². The van der Waals surface area contributed by atoms with Gasteiger partial charge >= 0.3 is 0 Å². The van der Waals surface area contributed by atoms with Gasteiger partial charge in [-0.25, -0.2) is 0 Å². The van der Waals surface area contributed by atoms with Gasteiger partial charge in [0.25, 0.3) is 5.69 Å². The lowest BCUT2D eigenvalue weighted by molar-refractivity contribution is -0.384. The number of halogens is 1. The SMILES string of the molecule is CCOc1c(Cl)cc(C=CC(=O)NC(C)c2cccc([N+](=O)[O-])c2)cc1OC. The van der Waals surface area contributed by atoms with Crippen molar-refractivity contribution in [2.45, 2.75) is 19.9 Å². The number of nitrogens with one attached hydrogen (secondary N) is 1. The lowest BCUT2D eigenvalue weighted by atomic mass is 10.1. The first-order chi connectivity index (χ1) is 13.3. The number of non-ortho nitro benzene ring substituents is 1. The molecule has 1 N–H and O–H groups in total. The summed E-state index contributed by atoms with van der Waals surface area (Å²) in [6.07, 6.45) is 2.96. The van der Waals surface area contributed by atoms with Gasteiger partial charge in [0.15, 0.2) is 11.5 Å². The van der Waals surface area contributed by atoms with Crippen LogP contribution in [0.2, 0.25) is 5.02 Å². The Kier molecular flexibility index (Phi) is 7.40. The molecule has 1 unspecified atom stereocenters. The second kappa shape index (κ2) is 9.75. The molecule has 0 saturated heterocycles. The van der Waals surface area contributed by atoms with Crippen LogP contribution in [0.1, 0.15) is 31.0 Å². The molecule has 2 aromatic rings. The van der Waals surface area contributed by atoms with Gasteiger partial charge in [-0.2, -0.15) is 0 Å². The highest BCUT2D eigenvalue weighted by Crippen LogP contribution is 2.36. The first kappa shape index (κ1) is 21.2. The predicted molar refractivity (Wildman–Crippen MR) is 108 cm³/mol. The summed E-state index contributed by atoms with van der Waals surface area (Å²) in [4.78, 5) is 22.6. The summed E-state index contributed by atoms with van der Waals surface area (Å²) in [6.45, 7) is 4.04. The number of nitrogens with zero attached hydrogens (tertiary/aromatic N) is 1. The van der Waals surface area contributed by atoms with Crippen molar-refractivity contribution in [3.05, 3.63) is 68.7 Å². The highest BCUT2D eigenvalue weighted by Gasteiger charge is 2.13. The van der Waals surface area contributed by atoms with Crippen LogP contribution >= 0.6 is 11.6 Å². The third-order valence-corrected chi connectivity index (χ3v) is 4.19. The van der Waals surface area contributed by atoms with E-state index in [4.69, 9.17) is 21.1 Å². The van der Waals surface area contributed by atoms with Crippen LogP contribution in [0.15, 0.2) is 42.5 Å². The molecule has 1 atom stereocenters. The Morgan fingerprint density at radius 3 is 2.75 bits per heavy atom. The number of nitro benzene ring substituents is 1. The standard InChI is InChI=1S/C20H21ClN2O5/c1-4-28-20-17(21)10-14(11-18(20)27-3)8-9-19(24)22-13(2)15-6-5-7-16(12-15)23(25)26/h5-13H,4H2,1-3H3,(H,22,24). The van der Waals surface area contributed by atoms with Gasteiger partial charge in [-0.05, 0) is 43.2 Å². The molecule has 2 aromatic carbocycles. The minimum Gasteiger partial charge on any atom is -0.493 e. The molecule has 0 bridgehead atoms. The molecule has 0 aromatic heterocycles. The van der Waals surface area contributed by atoms with Crippen molar-refractivity contribution >= 4 is 29.3 Å². The molecule has 0 aliphatic carbocycles. The van der Waals surface area contributed by atoms with Crippen molar-refractivity contribution < 1.29 is 19.2 Å². The highest BCUT2D eigenvalue weighted by molar-refractivity contribution is 6.32. The largest absolute Gasteiger partial charge is 0.493 e. The fraction of sp³-hybridized carbons (Fsp3) is 0.250. The van der Waals surface area contributed by atoms with E-state index in [-0.39, 0.29) is 11.6 Å². The van der Waals surface area contributed by atoms with E-state index in [0.717, 1.165) is 0 Å². The number of hydrogen-bond acceptors (Lipinski definition) is 5. The number of nitro groups is 1. The van der Waals surface area contributed by atoms with E-state index < -0.39 is 11.0 Å². The average Bonchev–Trinajstić information content (AvgIpc) is 2.68. The van der Waals surface area contributed by atoms with Crippen LogP contribution in [0, 0.1) is 10.1 Å². The molecule has 148 valence electrons. The van der Waals surface area contributed by atoms with Gasteiger partial charge in [0.1, 0.15) is 0 Å². The number of rotatable bonds is 8.